The van der Waals surface area contributed by atoms with E-state index in [0.717, 1.165) is 12.0 Å². The fourth-order valence-corrected chi connectivity index (χ4v) is 3.17. The Bertz CT molecular complexity index is 583. The van der Waals surface area contributed by atoms with Gasteiger partial charge in [0.05, 0.1) is 0 Å². The molecule has 7 heteroatoms. The van der Waals surface area contributed by atoms with E-state index < -0.39 is 5.12 Å². The van der Waals surface area contributed by atoms with Crippen molar-refractivity contribution < 1.29 is 0 Å². The molecule has 0 spiro atoms. The van der Waals surface area contributed by atoms with Crippen molar-refractivity contribution in [3.8, 4) is 0 Å². The third-order valence-corrected chi connectivity index (χ3v) is 3.95. The molecule has 21 heavy (non-hydrogen) atoms. The maximum absolute atomic E-state index is 6.52. The molecule has 112 valence electrons. The Morgan fingerprint density at radius 1 is 1.24 bits per heavy atom. The van der Waals surface area contributed by atoms with Crippen LogP contribution in [0, 0.1) is 0 Å². The Morgan fingerprint density at radius 2 is 1.90 bits per heavy atom. The quantitative estimate of drug-likeness (QED) is 0.487. The molecule has 1 atom stereocenters. The van der Waals surface area contributed by atoms with Crippen molar-refractivity contribution in [2.24, 2.45) is 5.73 Å². The van der Waals surface area contributed by atoms with Crippen molar-refractivity contribution in [3.05, 3.63) is 58.2 Å². The molecule has 1 unspecified atom stereocenters. The lowest BCUT2D eigenvalue weighted by atomic mass is 10.1. The molecule has 0 bridgehead atoms. The Kier molecular flexibility index (Phi) is 5.38. The summed E-state index contributed by atoms with van der Waals surface area (Å²) in [6.07, 6.45) is 8.13. The van der Waals surface area contributed by atoms with Crippen LogP contribution in [0.5, 0.6) is 0 Å². The third-order valence-electron chi connectivity index (χ3n) is 2.97. The zero-order chi connectivity index (χ0) is 15.5. The van der Waals surface area contributed by atoms with Gasteiger partial charge in [-0.2, -0.15) is 0 Å². The first-order valence-electron chi connectivity index (χ1n) is 6.23. The molecule has 1 aromatic carbocycles. The van der Waals surface area contributed by atoms with E-state index in [0.29, 0.717) is 16.6 Å². The molecule has 1 aromatic rings. The summed E-state index contributed by atoms with van der Waals surface area (Å²) in [6, 6.07) is 5.47. The van der Waals surface area contributed by atoms with Crippen LogP contribution in [0.1, 0.15) is 5.56 Å². The largest absolute Gasteiger partial charge is 0.376 e. The maximum Gasteiger partial charge on any atom is 0.210 e. The number of benzene rings is 1. The Hall–Kier alpha value is -0.940. The molecular formula is C14H14Cl3N3S. The minimum atomic E-state index is -0.955. The Balaban J connectivity index is 2.08. The summed E-state index contributed by atoms with van der Waals surface area (Å²) in [5, 5.41) is 3.29. The molecule has 1 heterocycles. The zero-order valence-corrected chi connectivity index (χ0v) is 14.1. The third kappa shape index (κ3) is 4.51. The number of thiocarbonyl (C=S) groups is 1. The number of alkyl halides is 1. The number of halogens is 3. The smallest absolute Gasteiger partial charge is 0.210 e. The molecule has 0 saturated heterocycles. The summed E-state index contributed by atoms with van der Waals surface area (Å²) in [4.78, 5) is 1.91. The SMILES string of the molecule is NC(=S)NC1(Cl)C=CC=CN1CCc1cc(Cl)cc(Cl)c1. The number of hydrogen-bond donors (Lipinski definition) is 2. The molecule has 1 aliphatic heterocycles. The molecule has 0 saturated carbocycles. The van der Waals surface area contributed by atoms with E-state index in [2.05, 4.69) is 5.32 Å². The lowest BCUT2D eigenvalue weighted by molar-refractivity contribution is 0.264. The van der Waals surface area contributed by atoms with Gasteiger partial charge in [-0.15, -0.1) is 0 Å². The first-order valence-corrected chi connectivity index (χ1v) is 7.77. The second-order valence-corrected chi connectivity index (χ2v) is 6.47. The van der Waals surface area contributed by atoms with Gasteiger partial charge in [0.2, 0.25) is 5.12 Å². The van der Waals surface area contributed by atoms with Crippen LogP contribution < -0.4 is 11.1 Å². The van der Waals surface area contributed by atoms with Crippen LogP contribution in [0.15, 0.2) is 42.6 Å². The van der Waals surface area contributed by atoms with Crippen LogP contribution in [0.4, 0.5) is 0 Å². The summed E-state index contributed by atoms with van der Waals surface area (Å²) < 4.78 is 0. The summed E-state index contributed by atoms with van der Waals surface area (Å²) >= 11 is 23.4. The molecule has 3 N–H and O–H groups in total. The molecular weight excluding hydrogens is 349 g/mol. The van der Waals surface area contributed by atoms with Crippen molar-refractivity contribution in [1.82, 2.24) is 10.2 Å². The van der Waals surface area contributed by atoms with Gasteiger partial charge in [-0.3, -0.25) is 0 Å². The van der Waals surface area contributed by atoms with E-state index in [1.165, 1.54) is 0 Å². The molecule has 2 rings (SSSR count). The van der Waals surface area contributed by atoms with Crippen molar-refractivity contribution in [2.45, 2.75) is 11.5 Å². The van der Waals surface area contributed by atoms with Gasteiger partial charge in [0.15, 0.2) is 5.11 Å². The van der Waals surface area contributed by atoms with E-state index in [1.807, 2.05) is 35.4 Å². The Labute approximate surface area is 144 Å². The standard InChI is InChI=1S/C14H14Cl3N3S/c15-11-7-10(8-12(16)9-11)3-6-20-5-2-1-4-14(20,17)19-13(18)21/h1-2,4-5,7-9H,3,6H2,(H3,18,19,21). The highest BCUT2D eigenvalue weighted by Gasteiger charge is 2.31. The van der Waals surface area contributed by atoms with Crippen LogP contribution in [0.3, 0.4) is 0 Å². The van der Waals surface area contributed by atoms with Crippen LogP contribution in [0.25, 0.3) is 0 Å². The van der Waals surface area contributed by atoms with Crippen molar-refractivity contribution in [2.75, 3.05) is 6.54 Å². The fourth-order valence-electron chi connectivity index (χ4n) is 2.07. The van der Waals surface area contributed by atoms with E-state index in [9.17, 15) is 0 Å². The fraction of sp³-hybridized carbons (Fsp3) is 0.214. The number of allylic oxidation sites excluding steroid dienone is 2. The number of nitrogens with zero attached hydrogens (tertiary/aromatic N) is 1. The molecule has 0 aliphatic carbocycles. The van der Waals surface area contributed by atoms with E-state index in [4.69, 9.17) is 52.8 Å². The highest BCUT2D eigenvalue weighted by Crippen LogP contribution is 2.25. The van der Waals surface area contributed by atoms with Gasteiger partial charge in [0, 0.05) is 22.8 Å². The highest BCUT2D eigenvalue weighted by molar-refractivity contribution is 7.80. The van der Waals surface area contributed by atoms with Gasteiger partial charge in [-0.25, -0.2) is 0 Å². The van der Waals surface area contributed by atoms with Crippen LogP contribution in [-0.4, -0.2) is 21.7 Å². The van der Waals surface area contributed by atoms with Gasteiger partial charge < -0.3 is 16.0 Å². The summed E-state index contributed by atoms with van der Waals surface area (Å²) in [6.45, 7) is 0.649. The van der Waals surface area contributed by atoms with Crippen LogP contribution >= 0.6 is 47.0 Å². The predicted molar refractivity (Wildman–Crippen MR) is 93.7 cm³/mol. The first kappa shape index (κ1) is 16.4. The number of hydrogen-bond acceptors (Lipinski definition) is 2. The lowest BCUT2D eigenvalue weighted by Crippen LogP contribution is -2.56. The molecule has 0 aromatic heterocycles. The second-order valence-electron chi connectivity index (χ2n) is 4.58. The monoisotopic (exact) mass is 361 g/mol. The molecule has 0 fully saturated rings. The number of rotatable bonds is 4. The first-order chi connectivity index (χ1) is 9.89. The number of nitrogens with two attached hydrogens (primary N) is 1. The van der Waals surface area contributed by atoms with Crippen LogP contribution in [0.2, 0.25) is 10.0 Å². The topological polar surface area (TPSA) is 41.3 Å². The van der Waals surface area contributed by atoms with Crippen molar-refractivity contribution in [1.29, 1.82) is 0 Å². The average Bonchev–Trinajstić information content (AvgIpc) is 2.35. The number of nitrogens with one attached hydrogen (secondary N) is 1. The van der Waals surface area contributed by atoms with Crippen molar-refractivity contribution >= 4 is 52.1 Å². The molecule has 3 nitrogen and oxygen atoms in total. The Morgan fingerprint density at radius 3 is 2.52 bits per heavy atom. The average molecular weight is 363 g/mol. The van der Waals surface area contributed by atoms with E-state index >= 15 is 0 Å². The predicted octanol–water partition coefficient (Wildman–Crippen LogP) is 3.65. The summed E-state index contributed by atoms with van der Waals surface area (Å²) in [7, 11) is 0. The van der Waals surface area contributed by atoms with Gasteiger partial charge in [-0.1, -0.05) is 40.9 Å². The van der Waals surface area contributed by atoms with Crippen molar-refractivity contribution in [3.63, 3.8) is 0 Å². The van der Waals surface area contributed by atoms with Crippen LogP contribution in [-0.2, 0) is 6.42 Å². The summed E-state index contributed by atoms with van der Waals surface area (Å²) in [5.41, 5.74) is 6.57. The van der Waals surface area contributed by atoms with Gasteiger partial charge in [-0.05, 0) is 54.6 Å². The van der Waals surface area contributed by atoms with Gasteiger partial charge in [0.1, 0.15) is 0 Å². The minimum Gasteiger partial charge on any atom is -0.376 e. The zero-order valence-electron chi connectivity index (χ0n) is 11.0. The lowest BCUT2D eigenvalue weighted by Gasteiger charge is -2.38. The van der Waals surface area contributed by atoms with Gasteiger partial charge in [0.25, 0.3) is 0 Å². The molecule has 0 radical (unpaired) electrons. The maximum atomic E-state index is 6.52. The van der Waals surface area contributed by atoms with Gasteiger partial charge >= 0.3 is 0 Å². The minimum absolute atomic E-state index is 0.140. The second kappa shape index (κ2) is 6.88. The highest BCUT2D eigenvalue weighted by atomic mass is 35.5. The van der Waals surface area contributed by atoms with E-state index in [-0.39, 0.29) is 5.11 Å². The van der Waals surface area contributed by atoms with E-state index in [1.54, 1.807) is 12.1 Å². The normalized spacial score (nSPS) is 20.6. The summed E-state index contributed by atoms with van der Waals surface area (Å²) in [5.74, 6) is 0. The molecule has 1 aliphatic rings. The molecule has 0 amide bonds.